The second-order valence-corrected chi connectivity index (χ2v) is 8.49. The highest BCUT2D eigenvalue weighted by molar-refractivity contribution is 7.92. The first kappa shape index (κ1) is 18.3. The fourth-order valence-electron chi connectivity index (χ4n) is 2.81. The van der Waals surface area contributed by atoms with Crippen molar-refractivity contribution >= 4 is 21.7 Å². The van der Waals surface area contributed by atoms with Crippen LogP contribution in [0.2, 0.25) is 0 Å². The lowest BCUT2D eigenvalue weighted by Crippen LogP contribution is -2.32. The summed E-state index contributed by atoms with van der Waals surface area (Å²) in [5, 5.41) is 0. The van der Waals surface area contributed by atoms with Gasteiger partial charge in [-0.05, 0) is 74.7 Å². The highest BCUT2D eigenvalue weighted by Gasteiger charge is 2.27. The SMILES string of the molecule is COC(=O)c1ccc(NS(=O)(=O)c2ccc3c(c2)CCC(C)(C)O3)cc1. The second-order valence-electron chi connectivity index (χ2n) is 6.81. The van der Waals surface area contributed by atoms with E-state index in [0.29, 0.717) is 11.3 Å². The summed E-state index contributed by atoms with van der Waals surface area (Å²) in [5.74, 6) is 0.250. The van der Waals surface area contributed by atoms with E-state index in [1.807, 2.05) is 13.8 Å². The molecule has 138 valence electrons. The predicted octanol–water partition coefficient (Wildman–Crippen LogP) is 3.38. The van der Waals surface area contributed by atoms with E-state index in [1.165, 1.54) is 37.4 Å². The molecule has 1 aliphatic rings. The molecule has 0 saturated carbocycles. The van der Waals surface area contributed by atoms with Gasteiger partial charge in [-0.1, -0.05) is 0 Å². The van der Waals surface area contributed by atoms with Crippen LogP contribution in [0.15, 0.2) is 47.4 Å². The molecule has 7 heteroatoms. The van der Waals surface area contributed by atoms with Crippen molar-refractivity contribution in [3.63, 3.8) is 0 Å². The molecule has 6 nitrogen and oxygen atoms in total. The molecule has 0 unspecified atom stereocenters. The van der Waals surface area contributed by atoms with Crippen LogP contribution in [0.4, 0.5) is 5.69 Å². The smallest absolute Gasteiger partial charge is 0.337 e. The summed E-state index contributed by atoms with van der Waals surface area (Å²) in [7, 11) is -2.44. The molecule has 0 aliphatic carbocycles. The van der Waals surface area contributed by atoms with Crippen molar-refractivity contribution in [3.8, 4) is 5.75 Å². The van der Waals surface area contributed by atoms with Crippen molar-refractivity contribution in [2.45, 2.75) is 37.2 Å². The van der Waals surface area contributed by atoms with Gasteiger partial charge in [0.05, 0.1) is 17.6 Å². The first-order valence-corrected chi connectivity index (χ1v) is 9.72. The summed E-state index contributed by atoms with van der Waals surface area (Å²) in [4.78, 5) is 11.6. The first-order chi connectivity index (χ1) is 12.2. The summed E-state index contributed by atoms with van der Waals surface area (Å²) in [6.07, 6.45) is 1.59. The van der Waals surface area contributed by atoms with E-state index < -0.39 is 16.0 Å². The minimum Gasteiger partial charge on any atom is -0.488 e. The number of carbonyl (C=O) groups excluding carboxylic acids is 1. The number of esters is 1. The molecule has 0 atom stereocenters. The normalized spacial score (nSPS) is 15.5. The summed E-state index contributed by atoms with van der Waals surface area (Å²) in [6.45, 7) is 4.03. The minimum atomic E-state index is -3.74. The molecule has 0 amide bonds. The molecule has 0 saturated heterocycles. The summed E-state index contributed by atoms with van der Waals surface area (Å²) in [6, 6.07) is 10.9. The maximum absolute atomic E-state index is 12.6. The molecule has 1 N–H and O–H groups in total. The van der Waals surface area contributed by atoms with Crippen LogP contribution in [-0.2, 0) is 21.2 Å². The zero-order valence-corrected chi connectivity index (χ0v) is 15.7. The largest absolute Gasteiger partial charge is 0.488 e. The van der Waals surface area contributed by atoms with Crippen molar-refractivity contribution in [1.82, 2.24) is 0 Å². The Morgan fingerprint density at radius 2 is 1.85 bits per heavy atom. The Hall–Kier alpha value is -2.54. The number of fused-ring (bicyclic) bond motifs is 1. The van der Waals surface area contributed by atoms with Gasteiger partial charge in [-0.25, -0.2) is 13.2 Å². The van der Waals surface area contributed by atoms with Crippen LogP contribution in [0.25, 0.3) is 0 Å². The van der Waals surface area contributed by atoms with E-state index in [2.05, 4.69) is 9.46 Å². The number of carbonyl (C=O) groups is 1. The zero-order valence-electron chi connectivity index (χ0n) is 14.9. The molecule has 0 fully saturated rings. The third-order valence-electron chi connectivity index (χ3n) is 4.28. The van der Waals surface area contributed by atoms with E-state index in [0.717, 1.165) is 24.2 Å². The Kier molecular flexibility index (Phi) is 4.66. The second kappa shape index (κ2) is 6.64. The standard InChI is InChI=1S/C19H21NO5S/c1-19(2)11-10-14-12-16(8-9-17(14)25-19)26(22,23)20-15-6-4-13(5-7-15)18(21)24-3/h4-9,12,20H,10-11H2,1-3H3. The zero-order chi connectivity index (χ0) is 18.9. The van der Waals surface area contributed by atoms with Crippen LogP contribution in [0, 0.1) is 0 Å². The van der Waals surface area contributed by atoms with Gasteiger partial charge in [0, 0.05) is 5.69 Å². The van der Waals surface area contributed by atoms with Crippen LogP contribution in [0.1, 0.15) is 36.2 Å². The van der Waals surface area contributed by atoms with Gasteiger partial charge in [-0.2, -0.15) is 0 Å². The topological polar surface area (TPSA) is 81.7 Å². The van der Waals surface area contributed by atoms with Crippen LogP contribution in [-0.4, -0.2) is 27.1 Å². The van der Waals surface area contributed by atoms with Gasteiger partial charge in [0.1, 0.15) is 11.4 Å². The number of sulfonamides is 1. The number of aryl methyl sites for hydroxylation is 1. The van der Waals surface area contributed by atoms with E-state index in [4.69, 9.17) is 4.74 Å². The predicted molar refractivity (Wildman–Crippen MR) is 98.1 cm³/mol. The molecular weight excluding hydrogens is 354 g/mol. The fraction of sp³-hybridized carbons (Fsp3) is 0.316. The number of hydrogen-bond donors (Lipinski definition) is 1. The summed E-state index contributed by atoms with van der Waals surface area (Å²) in [5.41, 5.74) is 1.36. The van der Waals surface area contributed by atoms with Crippen molar-refractivity contribution < 1.29 is 22.7 Å². The highest BCUT2D eigenvalue weighted by atomic mass is 32.2. The fourth-order valence-corrected chi connectivity index (χ4v) is 3.92. The number of ether oxygens (including phenoxy) is 2. The van der Waals surface area contributed by atoms with E-state index in [1.54, 1.807) is 12.1 Å². The van der Waals surface area contributed by atoms with Crippen molar-refractivity contribution in [2.24, 2.45) is 0 Å². The Balaban J connectivity index is 1.81. The lowest BCUT2D eigenvalue weighted by molar-refractivity contribution is 0.0600. The average Bonchev–Trinajstić information content (AvgIpc) is 2.60. The molecule has 2 aromatic rings. The lowest BCUT2D eigenvalue weighted by Gasteiger charge is -2.32. The van der Waals surface area contributed by atoms with Crippen molar-refractivity contribution in [2.75, 3.05) is 11.8 Å². The number of anilines is 1. The maximum Gasteiger partial charge on any atom is 0.337 e. The van der Waals surface area contributed by atoms with Gasteiger partial charge in [0.15, 0.2) is 0 Å². The van der Waals surface area contributed by atoms with Crippen LogP contribution in [0.5, 0.6) is 5.75 Å². The van der Waals surface area contributed by atoms with E-state index in [9.17, 15) is 13.2 Å². The minimum absolute atomic E-state index is 0.177. The van der Waals surface area contributed by atoms with E-state index in [-0.39, 0.29) is 10.5 Å². The van der Waals surface area contributed by atoms with Gasteiger partial charge in [-0.15, -0.1) is 0 Å². The Bertz CT molecular complexity index is 933. The number of hydrogen-bond acceptors (Lipinski definition) is 5. The Morgan fingerprint density at radius 3 is 2.50 bits per heavy atom. The quantitative estimate of drug-likeness (QED) is 0.829. The van der Waals surface area contributed by atoms with Crippen molar-refractivity contribution in [1.29, 1.82) is 0 Å². The molecule has 2 aromatic carbocycles. The monoisotopic (exact) mass is 375 g/mol. The molecule has 1 heterocycles. The third kappa shape index (κ3) is 3.83. The molecule has 3 rings (SSSR count). The summed E-state index contributed by atoms with van der Waals surface area (Å²) < 4.78 is 38.3. The molecule has 0 aromatic heterocycles. The molecule has 0 spiro atoms. The Labute approximate surface area is 153 Å². The number of methoxy groups -OCH3 is 1. The Morgan fingerprint density at radius 1 is 1.15 bits per heavy atom. The summed E-state index contributed by atoms with van der Waals surface area (Å²) >= 11 is 0. The maximum atomic E-state index is 12.6. The van der Waals surface area contributed by atoms with Gasteiger partial charge in [0.25, 0.3) is 10.0 Å². The van der Waals surface area contributed by atoms with Gasteiger partial charge in [-0.3, -0.25) is 4.72 Å². The molecular formula is C19H21NO5S. The van der Waals surface area contributed by atoms with Crippen LogP contribution >= 0.6 is 0 Å². The first-order valence-electron chi connectivity index (χ1n) is 8.23. The van der Waals surface area contributed by atoms with E-state index >= 15 is 0 Å². The molecule has 26 heavy (non-hydrogen) atoms. The molecule has 0 bridgehead atoms. The van der Waals surface area contributed by atoms with Crippen LogP contribution < -0.4 is 9.46 Å². The molecule has 0 radical (unpaired) electrons. The van der Waals surface area contributed by atoms with Crippen molar-refractivity contribution in [3.05, 3.63) is 53.6 Å². The third-order valence-corrected chi connectivity index (χ3v) is 5.66. The molecule has 1 aliphatic heterocycles. The van der Waals surface area contributed by atoms with Gasteiger partial charge in [0.2, 0.25) is 0 Å². The number of benzene rings is 2. The number of nitrogens with one attached hydrogen (secondary N) is 1. The average molecular weight is 375 g/mol. The van der Waals surface area contributed by atoms with Crippen LogP contribution in [0.3, 0.4) is 0 Å². The van der Waals surface area contributed by atoms with Gasteiger partial charge < -0.3 is 9.47 Å². The number of rotatable bonds is 4. The lowest BCUT2D eigenvalue weighted by atomic mass is 9.94. The highest BCUT2D eigenvalue weighted by Crippen LogP contribution is 2.34. The van der Waals surface area contributed by atoms with Gasteiger partial charge >= 0.3 is 5.97 Å².